The van der Waals surface area contributed by atoms with Crippen LogP contribution < -0.4 is 0 Å². The van der Waals surface area contributed by atoms with Crippen LogP contribution in [-0.2, 0) is 0 Å². The van der Waals surface area contributed by atoms with Crippen LogP contribution in [0.3, 0.4) is 0 Å². The number of phenols is 2. The number of benzene rings is 1. The third kappa shape index (κ3) is 4.15. The fraction of sp³-hybridized carbons (Fsp3) is 0.364. The smallest absolute Gasteiger partial charge is 0.390 e. The summed E-state index contributed by atoms with van der Waals surface area (Å²) in [6.07, 6.45) is -5.45. The van der Waals surface area contributed by atoms with Crippen molar-refractivity contribution in [2.45, 2.75) is 12.6 Å². The normalized spacial score (nSPS) is 11.3. The Morgan fingerprint density at radius 3 is 2.17 bits per heavy atom. The molecule has 0 atom stereocenters. The molecule has 18 heavy (non-hydrogen) atoms. The van der Waals surface area contributed by atoms with E-state index in [1.807, 2.05) is 0 Å². The van der Waals surface area contributed by atoms with Crippen molar-refractivity contribution in [2.24, 2.45) is 0 Å². The molecule has 0 aromatic heterocycles. The van der Waals surface area contributed by atoms with Crippen molar-refractivity contribution in [2.75, 3.05) is 13.6 Å². The predicted octanol–water partition coefficient (Wildman–Crippen LogP) is 2.12. The molecule has 0 fully saturated rings. The lowest BCUT2D eigenvalue weighted by Gasteiger charge is -2.18. The van der Waals surface area contributed by atoms with Gasteiger partial charge in [0.05, 0.1) is 6.42 Å². The highest BCUT2D eigenvalue weighted by Gasteiger charge is 2.28. The molecule has 1 aromatic rings. The SMILES string of the molecule is CN(CCC(F)(F)F)C(=O)c1cc(O)cc(O)c1. The van der Waals surface area contributed by atoms with E-state index in [4.69, 9.17) is 0 Å². The molecule has 0 saturated carbocycles. The third-order valence-corrected chi connectivity index (χ3v) is 2.23. The lowest BCUT2D eigenvalue weighted by molar-refractivity contribution is -0.136. The summed E-state index contributed by atoms with van der Waals surface area (Å²) < 4.78 is 36.0. The van der Waals surface area contributed by atoms with E-state index in [0.29, 0.717) is 0 Å². The number of carbonyl (C=O) groups is 1. The van der Waals surface area contributed by atoms with Gasteiger partial charge in [0.15, 0.2) is 0 Å². The molecule has 0 spiro atoms. The summed E-state index contributed by atoms with van der Waals surface area (Å²) in [7, 11) is 1.22. The van der Waals surface area contributed by atoms with Crippen LogP contribution in [0.5, 0.6) is 11.5 Å². The molecule has 0 aliphatic rings. The van der Waals surface area contributed by atoms with Crippen LogP contribution in [0.25, 0.3) is 0 Å². The summed E-state index contributed by atoms with van der Waals surface area (Å²) in [4.78, 5) is 12.6. The van der Waals surface area contributed by atoms with E-state index in [0.717, 1.165) is 23.1 Å². The maximum absolute atomic E-state index is 12.0. The van der Waals surface area contributed by atoms with E-state index in [9.17, 15) is 28.2 Å². The molecule has 4 nitrogen and oxygen atoms in total. The van der Waals surface area contributed by atoms with E-state index in [1.54, 1.807) is 0 Å². The number of amides is 1. The molecule has 0 unspecified atom stereocenters. The summed E-state index contributed by atoms with van der Waals surface area (Å²) in [5.41, 5.74) is -0.0721. The average Bonchev–Trinajstić information content (AvgIpc) is 2.22. The van der Waals surface area contributed by atoms with Crippen molar-refractivity contribution in [3.63, 3.8) is 0 Å². The largest absolute Gasteiger partial charge is 0.508 e. The first-order valence-electron chi connectivity index (χ1n) is 5.04. The molecular weight excluding hydrogens is 251 g/mol. The molecule has 0 aliphatic carbocycles. The van der Waals surface area contributed by atoms with Crippen molar-refractivity contribution >= 4 is 5.91 Å². The predicted molar refractivity (Wildman–Crippen MR) is 57.4 cm³/mol. The standard InChI is InChI=1S/C11H12F3NO3/c1-15(3-2-11(12,13)14)10(18)7-4-8(16)6-9(17)5-7/h4-6,16-17H,2-3H2,1H3. The Morgan fingerprint density at radius 2 is 1.72 bits per heavy atom. The van der Waals surface area contributed by atoms with Crippen LogP contribution in [-0.4, -0.2) is 40.8 Å². The Bertz CT molecular complexity index is 425. The van der Waals surface area contributed by atoms with Crippen LogP contribution in [0.4, 0.5) is 13.2 Å². The molecule has 0 aliphatic heterocycles. The van der Waals surface area contributed by atoms with E-state index in [-0.39, 0.29) is 17.1 Å². The molecule has 100 valence electrons. The maximum Gasteiger partial charge on any atom is 0.390 e. The van der Waals surface area contributed by atoms with E-state index < -0.39 is 25.0 Å². The van der Waals surface area contributed by atoms with Crippen molar-refractivity contribution in [3.8, 4) is 11.5 Å². The first kappa shape index (κ1) is 14.1. The quantitative estimate of drug-likeness (QED) is 0.878. The maximum atomic E-state index is 12.0. The topological polar surface area (TPSA) is 60.8 Å². The molecule has 0 bridgehead atoms. The minimum absolute atomic E-state index is 0.0721. The lowest BCUT2D eigenvalue weighted by atomic mass is 10.1. The zero-order valence-corrected chi connectivity index (χ0v) is 9.53. The van der Waals surface area contributed by atoms with E-state index in [1.165, 1.54) is 7.05 Å². The number of phenolic OH excluding ortho intramolecular Hbond substituents is 2. The number of carbonyl (C=O) groups excluding carboxylic acids is 1. The number of nitrogens with zero attached hydrogens (tertiary/aromatic N) is 1. The van der Waals surface area contributed by atoms with Crippen molar-refractivity contribution in [1.82, 2.24) is 4.90 Å². The van der Waals surface area contributed by atoms with Crippen LogP contribution in [0.2, 0.25) is 0 Å². The third-order valence-electron chi connectivity index (χ3n) is 2.23. The second kappa shape index (κ2) is 5.16. The van der Waals surface area contributed by atoms with Gasteiger partial charge in [-0.05, 0) is 12.1 Å². The van der Waals surface area contributed by atoms with Crippen LogP contribution >= 0.6 is 0 Å². The van der Waals surface area contributed by atoms with Crippen LogP contribution in [0.15, 0.2) is 18.2 Å². The molecule has 1 aromatic carbocycles. The number of aromatic hydroxyl groups is 2. The number of halogens is 3. The van der Waals surface area contributed by atoms with Crippen molar-refractivity contribution in [3.05, 3.63) is 23.8 Å². The summed E-state index contributed by atoms with van der Waals surface area (Å²) in [5.74, 6) is -1.37. The van der Waals surface area contributed by atoms with Gasteiger partial charge in [-0.15, -0.1) is 0 Å². The highest BCUT2D eigenvalue weighted by molar-refractivity contribution is 5.94. The van der Waals surface area contributed by atoms with Crippen LogP contribution in [0, 0.1) is 0 Å². The molecule has 1 amide bonds. The second-order valence-corrected chi connectivity index (χ2v) is 3.83. The van der Waals surface area contributed by atoms with Gasteiger partial charge in [0.1, 0.15) is 11.5 Å². The van der Waals surface area contributed by atoms with Gasteiger partial charge in [0, 0.05) is 25.2 Å². The minimum Gasteiger partial charge on any atom is -0.508 e. The van der Waals surface area contributed by atoms with E-state index >= 15 is 0 Å². The second-order valence-electron chi connectivity index (χ2n) is 3.83. The van der Waals surface area contributed by atoms with Gasteiger partial charge in [-0.3, -0.25) is 4.79 Å². The first-order valence-corrected chi connectivity index (χ1v) is 5.04. The number of alkyl halides is 3. The monoisotopic (exact) mass is 263 g/mol. The fourth-order valence-corrected chi connectivity index (χ4v) is 1.34. The average molecular weight is 263 g/mol. The van der Waals surface area contributed by atoms with Gasteiger partial charge in [-0.2, -0.15) is 13.2 Å². The Hall–Kier alpha value is -1.92. The number of rotatable bonds is 3. The summed E-state index contributed by atoms with van der Waals surface area (Å²) in [5, 5.41) is 18.3. The molecule has 0 heterocycles. The Kier molecular flexibility index (Phi) is 4.05. The molecule has 0 saturated heterocycles. The molecule has 0 radical (unpaired) electrons. The molecular formula is C11H12F3NO3. The summed E-state index contributed by atoms with van der Waals surface area (Å²) in [6, 6.07) is 3.17. The zero-order valence-electron chi connectivity index (χ0n) is 9.53. The minimum atomic E-state index is -4.34. The van der Waals surface area contributed by atoms with Crippen molar-refractivity contribution < 1.29 is 28.2 Å². The Morgan fingerprint density at radius 1 is 1.22 bits per heavy atom. The highest BCUT2D eigenvalue weighted by atomic mass is 19.4. The number of hydrogen-bond acceptors (Lipinski definition) is 3. The number of hydrogen-bond donors (Lipinski definition) is 2. The van der Waals surface area contributed by atoms with E-state index in [2.05, 4.69) is 0 Å². The van der Waals surface area contributed by atoms with Gasteiger partial charge in [-0.25, -0.2) is 0 Å². The fourth-order valence-electron chi connectivity index (χ4n) is 1.34. The molecule has 1 rings (SSSR count). The van der Waals surface area contributed by atoms with Gasteiger partial charge in [0.2, 0.25) is 0 Å². The summed E-state index contributed by atoms with van der Waals surface area (Å²) in [6.45, 7) is -0.487. The molecule has 7 heteroatoms. The van der Waals surface area contributed by atoms with Gasteiger partial charge < -0.3 is 15.1 Å². The van der Waals surface area contributed by atoms with Crippen LogP contribution in [0.1, 0.15) is 16.8 Å². The molecule has 2 N–H and O–H groups in total. The van der Waals surface area contributed by atoms with Gasteiger partial charge >= 0.3 is 6.18 Å². The van der Waals surface area contributed by atoms with Gasteiger partial charge in [0.25, 0.3) is 5.91 Å². The Balaban J connectivity index is 2.74. The highest BCUT2D eigenvalue weighted by Crippen LogP contribution is 2.23. The Labute approximate surface area is 101 Å². The summed E-state index contributed by atoms with van der Waals surface area (Å²) >= 11 is 0. The zero-order chi connectivity index (χ0) is 13.9. The van der Waals surface area contributed by atoms with Crippen molar-refractivity contribution in [1.29, 1.82) is 0 Å². The van der Waals surface area contributed by atoms with Gasteiger partial charge in [-0.1, -0.05) is 0 Å². The lowest BCUT2D eigenvalue weighted by Crippen LogP contribution is -2.30. The first-order chi connectivity index (χ1) is 8.19.